The van der Waals surface area contributed by atoms with Crippen molar-refractivity contribution in [2.24, 2.45) is 5.11 Å². The van der Waals surface area contributed by atoms with Crippen molar-refractivity contribution in [3.63, 3.8) is 0 Å². The van der Waals surface area contributed by atoms with Gasteiger partial charge in [-0.25, -0.2) is 15.5 Å². The fraction of sp³-hybridized carbons (Fsp3) is 0.261. The van der Waals surface area contributed by atoms with Crippen LogP contribution in [0.2, 0.25) is 0 Å². The normalized spacial score (nSPS) is 11.5. The van der Waals surface area contributed by atoms with Crippen LogP contribution in [0.5, 0.6) is 0 Å². The van der Waals surface area contributed by atoms with Gasteiger partial charge in [0.25, 0.3) is 0 Å². The molecule has 0 saturated heterocycles. The van der Waals surface area contributed by atoms with Crippen LogP contribution >= 0.6 is 0 Å². The predicted octanol–water partition coefficient (Wildman–Crippen LogP) is 4.51. The van der Waals surface area contributed by atoms with Crippen LogP contribution in [0.4, 0.5) is 5.95 Å². The lowest BCUT2D eigenvalue weighted by Gasteiger charge is -2.10. The van der Waals surface area contributed by atoms with E-state index in [-0.39, 0.29) is 5.95 Å². The molecular formula is C23H27N7O. The molecule has 8 nitrogen and oxygen atoms in total. The van der Waals surface area contributed by atoms with Crippen molar-refractivity contribution in [3.8, 4) is 11.3 Å². The third-order valence-corrected chi connectivity index (χ3v) is 4.65. The van der Waals surface area contributed by atoms with E-state index in [0.29, 0.717) is 36.2 Å². The minimum atomic E-state index is 0.130. The largest absolute Gasteiger partial charge is 0.383 e. The zero-order chi connectivity index (χ0) is 22.2. The molecule has 0 radical (unpaired) electrons. The average Bonchev–Trinajstić information content (AvgIpc) is 2.77. The van der Waals surface area contributed by atoms with Gasteiger partial charge in [0.2, 0.25) is 5.95 Å². The molecule has 4 N–H and O–H groups in total. The van der Waals surface area contributed by atoms with Crippen LogP contribution in [-0.4, -0.2) is 22.1 Å². The molecule has 1 aromatic carbocycles. The van der Waals surface area contributed by atoms with Crippen molar-refractivity contribution < 1.29 is 4.74 Å². The zero-order valence-corrected chi connectivity index (χ0v) is 18.0. The molecule has 0 atom stereocenters. The number of ether oxygens (including phenoxy) is 1. The molecule has 0 unspecified atom stereocenters. The molecule has 0 bridgehead atoms. The van der Waals surface area contributed by atoms with Gasteiger partial charge in [-0.2, -0.15) is 5.11 Å². The van der Waals surface area contributed by atoms with Crippen molar-refractivity contribution >= 4 is 11.6 Å². The number of nitrogens with two attached hydrogens (primary N) is 1. The van der Waals surface area contributed by atoms with Crippen LogP contribution in [0.25, 0.3) is 17.0 Å². The van der Waals surface area contributed by atoms with E-state index >= 15 is 0 Å². The highest BCUT2D eigenvalue weighted by Gasteiger charge is 2.10. The molecule has 0 aliphatic rings. The Morgan fingerprint density at radius 2 is 1.90 bits per heavy atom. The van der Waals surface area contributed by atoms with E-state index < -0.39 is 0 Å². The van der Waals surface area contributed by atoms with Gasteiger partial charge in [-0.05, 0) is 35.7 Å². The summed E-state index contributed by atoms with van der Waals surface area (Å²) in [7, 11) is 1.64. The first kappa shape index (κ1) is 22.0. The molecule has 8 heteroatoms. The van der Waals surface area contributed by atoms with Crippen molar-refractivity contribution in [1.82, 2.24) is 20.3 Å². The molecule has 160 valence electrons. The van der Waals surface area contributed by atoms with Crippen molar-refractivity contribution in [2.75, 3.05) is 12.8 Å². The fourth-order valence-corrected chi connectivity index (χ4v) is 3.07. The highest BCUT2D eigenvalue weighted by molar-refractivity contribution is 5.69. The third kappa shape index (κ3) is 5.93. The van der Waals surface area contributed by atoms with E-state index in [1.54, 1.807) is 19.4 Å². The first-order chi connectivity index (χ1) is 15.0. The summed E-state index contributed by atoms with van der Waals surface area (Å²) in [4.78, 5) is 13.1. The van der Waals surface area contributed by atoms with Gasteiger partial charge in [0.05, 0.1) is 35.9 Å². The summed E-state index contributed by atoms with van der Waals surface area (Å²) >= 11 is 0. The van der Waals surface area contributed by atoms with Gasteiger partial charge in [-0.1, -0.05) is 38.1 Å². The number of anilines is 1. The molecular weight excluding hydrogens is 390 g/mol. The van der Waals surface area contributed by atoms with E-state index in [4.69, 9.17) is 16.0 Å². The first-order valence-corrected chi connectivity index (χ1v) is 10.00. The van der Waals surface area contributed by atoms with E-state index in [0.717, 1.165) is 17.0 Å². The molecule has 3 aromatic rings. The molecule has 3 rings (SSSR count). The minimum Gasteiger partial charge on any atom is -0.383 e. The molecule has 0 saturated carbocycles. The summed E-state index contributed by atoms with van der Waals surface area (Å²) in [6.07, 6.45) is 1.63. The number of nitrogens with one attached hydrogen (secondary N) is 2. The molecule has 31 heavy (non-hydrogen) atoms. The van der Waals surface area contributed by atoms with Crippen molar-refractivity contribution in [3.05, 3.63) is 77.4 Å². The number of benzene rings is 1. The number of hydrogen-bond donors (Lipinski definition) is 3. The first-order valence-electron chi connectivity index (χ1n) is 10.00. The van der Waals surface area contributed by atoms with Crippen LogP contribution < -0.4 is 11.1 Å². The Bertz CT molecular complexity index is 1080. The van der Waals surface area contributed by atoms with E-state index in [9.17, 15) is 0 Å². The highest BCUT2D eigenvalue weighted by Crippen LogP contribution is 2.25. The lowest BCUT2D eigenvalue weighted by Crippen LogP contribution is -2.09. The number of aromatic nitrogens is 3. The zero-order valence-electron chi connectivity index (χ0n) is 18.0. The molecule has 0 spiro atoms. The smallest absolute Gasteiger partial charge is 0.221 e. The topological polar surface area (TPSA) is 122 Å². The Labute approximate surface area is 182 Å². The highest BCUT2D eigenvalue weighted by atomic mass is 16.5. The Hall–Kier alpha value is -3.65. The van der Waals surface area contributed by atoms with Crippen LogP contribution in [0.15, 0.2) is 59.8 Å². The quantitative estimate of drug-likeness (QED) is 0.440. The van der Waals surface area contributed by atoms with Gasteiger partial charge in [0, 0.05) is 18.9 Å². The van der Waals surface area contributed by atoms with Crippen LogP contribution in [-0.2, 0) is 17.9 Å². The van der Waals surface area contributed by atoms with Crippen LogP contribution in [0, 0.1) is 5.53 Å². The molecule has 2 heterocycles. The van der Waals surface area contributed by atoms with Crippen molar-refractivity contribution in [1.29, 1.82) is 5.53 Å². The molecule has 0 fully saturated rings. The lowest BCUT2D eigenvalue weighted by molar-refractivity contribution is 0.181. The van der Waals surface area contributed by atoms with Crippen LogP contribution in [0.1, 0.15) is 42.4 Å². The Balaban J connectivity index is 1.82. The Morgan fingerprint density at radius 3 is 2.65 bits per heavy atom. The summed E-state index contributed by atoms with van der Waals surface area (Å²) in [6, 6.07) is 15.7. The number of hydrogen-bond acceptors (Lipinski definition) is 8. The van der Waals surface area contributed by atoms with Gasteiger partial charge < -0.3 is 15.8 Å². The van der Waals surface area contributed by atoms with Gasteiger partial charge >= 0.3 is 0 Å². The van der Waals surface area contributed by atoms with E-state index in [1.807, 2.05) is 30.3 Å². The maximum atomic E-state index is 7.59. The average molecular weight is 418 g/mol. The SMILES string of the molecule is COCc1cccc(CN/C=C(\N=N)c2cc(-c3cccc(C(C)C)c3)nc(N)n2)n1. The molecule has 0 amide bonds. The standard InChI is InChI=1S/C23H27N7O/c1-15(2)16-6-4-7-17(10-16)20-11-21(29-23(24)28-20)22(30-25)13-26-12-18-8-5-9-19(27-18)14-31-3/h4-11,13,15,25-26H,12,14H2,1-3H3,(H2,24,28,29)/b22-13-,30-25?. The predicted molar refractivity (Wildman–Crippen MR) is 121 cm³/mol. The molecule has 0 aliphatic carbocycles. The van der Waals surface area contributed by atoms with Gasteiger partial charge in [0.15, 0.2) is 0 Å². The molecule has 0 aliphatic heterocycles. The number of rotatable bonds is 9. The maximum Gasteiger partial charge on any atom is 0.221 e. The van der Waals surface area contributed by atoms with Gasteiger partial charge in [-0.3, -0.25) is 4.98 Å². The summed E-state index contributed by atoms with van der Waals surface area (Å²) in [5, 5.41) is 6.76. The summed E-state index contributed by atoms with van der Waals surface area (Å²) in [5.74, 6) is 0.531. The third-order valence-electron chi connectivity index (χ3n) is 4.65. The second-order valence-electron chi connectivity index (χ2n) is 7.35. The minimum absolute atomic E-state index is 0.130. The Morgan fingerprint density at radius 1 is 1.13 bits per heavy atom. The number of nitrogen functional groups attached to an aromatic ring is 1. The summed E-state index contributed by atoms with van der Waals surface area (Å²) in [6.45, 7) is 5.22. The monoisotopic (exact) mass is 417 g/mol. The Kier molecular flexibility index (Phi) is 7.40. The fourth-order valence-electron chi connectivity index (χ4n) is 3.07. The molecule has 2 aromatic heterocycles. The number of nitrogens with zero attached hydrogens (tertiary/aromatic N) is 4. The summed E-state index contributed by atoms with van der Waals surface area (Å²) < 4.78 is 5.12. The second kappa shape index (κ2) is 10.4. The van der Waals surface area contributed by atoms with Crippen LogP contribution in [0.3, 0.4) is 0 Å². The van der Waals surface area contributed by atoms with E-state index in [1.165, 1.54) is 5.56 Å². The number of pyridine rings is 1. The van der Waals surface area contributed by atoms with Crippen molar-refractivity contribution in [2.45, 2.75) is 32.9 Å². The summed E-state index contributed by atoms with van der Waals surface area (Å²) in [5.41, 5.74) is 18.9. The van der Waals surface area contributed by atoms with Gasteiger partial charge in [0.1, 0.15) is 5.70 Å². The maximum absolute atomic E-state index is 7.59. The lowest BCUT2D eigenvalue weighted by atomic mass is 9.99. The number of methoxy groups -OCH3 is 1. The van der Waals surface area contributed by atoms with E-state index in [2.05, 4.69) is 51.4 Å². The second-order valence-corrected chi connectivity index (χ2v) is 7.35. The van der Waals surface area contributed by atoms with Gasteiger partial charge in [-0.15, -0.1) is 0 Å².